The topological polar surface area (TPSA) is 73.5 Å². The number of nitrogens with one attached hydrogen (secondary N) is 1. The average molecular weight is 372 g/mol. The van der Waals surface area contributed by atoms with E-state index in [4.69, 9.17) is 0 Å². The van der Waals surface area contributed by atoms with Crippen LogP contribution in [0.1, 0.15) is 5.56 Å². The number of hydrogen-bond donors (Lipinski definition) is 1. The zero-order valence-electron chi connectivity index (χ0n) is 11.5. The third-order valence-corrected chi connectivity index (χ3v) is 2.67. The van der Waals surface area contributed by atoms with E-state index in [1.807, 2.05) is 0 Å². The summed E-state index contributed by atoms with van der Waals surface area (Å²) in [5, 5.41) is 1.10. The number of aromatic nitrogens is 1. The number of halogens is 9. The Bertz CT molecular complexity index is 601. The molecule has 0 fully saturated rings. The van der Waals surface area contributed by atoms with Crippen molar-refractivity contribution >= 4 is 11.7 Å². The van der Waals surface area contributed by atoms with Gasteiger partial charge >= 0.3 is 29.9 Å². The molecule has 4 nitrogen and oxygen atoms in total. The molecule has 0 atom stereocenters. The van der Waals surface area contributed by atoms with Crippen LogP contribution in [-0.2, 0) is 4.79 Å². The van der Waals surface area contributed by atoms with Gasteiger partial charge in [-0.3, -0.25) is 4.79 Å². The van der Waals surface area contributed by atoms with Crippen molar-refractivity contribution in [2.45, 2.75) is 30.9 Å². The minimum Gasteiger partial charge on any atom is -0.412 e. The normalized spacial score (nSPS) is 13.2. The highest BCUT2D eigenvalue weighted by atomic mass is 19.4. The van der Waals surface area contributed by atoms with Crippen LogP contribution in [0.5, 0.6) is 0 Å². The van der Waals surface area contributed by atoms with Gasteiger partial charge < -0.3 is 10.8 Å². The van der Waals surface area contributed by atoms with Crippen LogP contribution in [-0.4, -0.2) is 40.3 Å². The minimum atomic E-state index is -7.12. The summed E-state index contributed by atoms with van der Waals surface area (Å²) in [5.41, 5.74) is -0.0115. The Morgan fingerprint density at radius 2 is 1.50 bits per heavy atom. The van der Waals surface area contributed by atoms with Gasteiger partial charge in [-0.1, -0.05) is 6.07 Å². The second-order valence-corrected chi connectivity index (χ2v) is 4.34. The molecule has 24 heavy (non-hydrogen) atoms. The van der Waals surface area contributed by atoms with E-state index in [-0.39, 0.29) is 11.0 Å². The summed E-state index contributed by atoms with van der Waals surface area (Å²) in [4.78, 5) is 14.4. The molecule has 3 N–H and O–H groups in total. The van der Waals surface area contributed by atoms with Gasteiger partial charge in [-0.2, -0.15) is 39.5 Å². The zero-order valence-corrected chi connectivity index (χ0v) is 11.5. The van der Waals surface area contributed by atoms with Crippen LogP contribution in [0.25, 0.3) is 0 Å². The second kappa shape index (κ2) is 6.45. The maximum atomic E-state index is 13.3. The molecule has 0 aliphatic heterocycles. The first-order valence-corrected chi connectivity index (χ1v) is 5.59. The molecule has 0 unspecified atom stereocenters. The smallest absolute Gasteiger partial charge is 0.412 e. The zero-order chi connectivity index (χ0) is 18.3. The summed E-state index contributed by atoms with van der Waals surface area (Å²) >= 11 is 0. The summed E-state index contributed by atoms with van der Waals surface area (Å²) in [7, 11) is 0. The van der Waals surface area contributed by atoms with Crippen molar-refractivity contribution in [3.63, 3.8) is 0 Å². The van der Waals surface area contributed by atoms with E-state index >= 15 is 0 Å². The quantitative estimate of drug-likeness (QED) is 0.826. The lowest BCUT2D eigenvalue weighted by Gasteiger charge is -2.32. The van der Waals surface area contributed by atoms with Crippen molar-refractivity contribution in [1.82, 2.24) is 4.98 Å². The Morgan fingerprint density at radius 3 is 1.92 bits per heavy atom. The molecule has 0 bridgehead atoms. The summed E-state index contributed by atoms with van der Waals surface area (Å²) in [6.45, 7) is 1.20. The summed E-state index contributed by atoms with van der Waals surface area (Å²) in [6.07, 6.45) is -6.04. The molecule has 0 aliphatic carbocycles. The number of anilines is 1. The minimum absolute atomic E-state index is 0. The molecule has 13 heteroatoms. The Morgan fingerprint density at radius 1 is 1.00 bits per heavy atom. The number of amides is 1. The lowest BCUT2D eigenvalue weighted by Crippen LogP contribution is -2.64. The van der Waals surface area contributed by atoms with Gasteiger partial charge in [-0.05, 0) is 18.6 Å². The maximum Gasteiger partial charge on any atom is 0.460 e. The first-order valence-electron chi connectivity index (χ1n) is 5.59. The fourth-order valence-corrected chi connectivity index (χ4v) is 1.32. The monoisotopic (exact) mass is 372 g/mol. The standard InChI is InChI=1S/C11H7F9N2O.H2O/c1-5-3-2-4-21-6(5)22-7(23)8(12,13)9(14,15)10(16,17)11(18,19)20;/h2-4H,1H3,(H,21,22,23);1H2. The van der Waals surface area contributed by atoms with Crippen LogP contribution in [0.15, 0.2) is 18.3 Å². The van der Waals surface area contributed by atoms with E-state index in [2.05, 4.69) is 4.98 Å². The van der Waals surface area contributed by atoms with Crippen molar-refractivity contribution in [3.8, 4) is 0 Å². The molecule has 0 aromatic carbocycles. The molecule has 0 saturated heterocycles. The molecule has 1 rings (SSSR count). The maximum absolute atomic E-state index is 13.3. The molecular weight excluding hydrogens is 363 g/mol. The average Bonchev–Trinajstić information content (AvgIpc) is 2.39. The molecule has 0 radical (unpaired) electrons. The van der Waals surface area contributed by atoms with E-state index in [0.29, 0.717) is 0 Å². The van der Waals surface area contributed by atoms with Crippen LogP contribution in [0.4, 0.5) is 45.3 Å². The van der Waals surface area contributed by atoms with Crippen molar-refractivity contribution in [2.75, 3.05) is 5.32 Å². The molecule has 138 valence electrons. The highest BCUT2D eigenvalue weighted by molar-refractivity contribution is 5.96. The van der Waals surface area contributed by atoms with E-state index in [0.717, 1.165) is 11.5 Å². The number of nitrogens with zero attached hydrogens (tertiary/aromatic N) is 1. The highest BCUT2D eigenvalue weighted by Crippen LogP contribution is 2.53. The largest absolute Gasteiger partial charge is 0.460 e. The lowest BCUT2D eigenvalue weighted by atomic mass is 10.0. The van der Waals surface area contributed by atoms with Crippen molar-refractivity contribution in [2.24, 2.45) is 0 Å². The number of alkyl halides is 9. The number of carbonyl (C=O) groups is 1. The van der Waals surface area contributed by atoms with Gasteiger partial charge in [-0.25, -0.2) is 4.98 Å². The molecule has 1 amide bonds. The third-order valence-electron chi connectivity index (χ3n) is 2.67. The Labute approximate surface area is 128 Å². The summed E-state index contributed by atoms with van der Waals surface area (Å²) < 4.78 is 114. The Balaban J connectivity index is 0.00000529. The Hall–Kier alpha value is -2.05. The molecule has 1 aromatic heterocycles. The predicted octanol–water partition coefficient (Wildman–Crippen LogP) is 2.97. The van der Waals surface area contributed by atoms with Gasteiger partial charge in [-0.15, -0.1) is 0 Å². The second-order valence-electron chi connectivity index (χ2n) is 4.34. The van der Waals surface area contributed by atoms with Gasteiger partial charge in [0.15, 0.2) is 0 Å². The van der Waals surface area contributed by atoms with Gasteiger partial charge in [0.05, 0.1) is 0 Å². The molecule has 1 heterocycles. The lowest BCUT2D eigenvalue weighted by molar-refractivity contribution is -0.388. The third kappa shape index (κ3) is 3.39. The van der Waals surface area contributed by atoms with Crippen molar-refractivity contribution in [3.05, 3.63) is 23.9 Å². The number of hydrogen-bond acceptors (Lipinski definition) is 2. The SMILES string of the molecule is Cc1cccnc1NC(=O)C(F)(F)C(F)(F)C(F)(F)C(F)(F)F.O. The van der Waals surface area contributed by atoms with E-state index in [9.17, 15) is 44.3 Å². The fraction of sp³-hybridized carbons (Fsp3) is 0.455. The molecule has 0 spiro atoms. The number of pyridine rings is 1. The van der Waals surface area contributed by atoms with E-state index < -0.39 is 35.7 Å². The first-order chi connectivity index (χ1) is 10.2. The van der Waals surface area contributed by atoms with Gasteiger partial charge in [0.1, 0.15) is 5.82 Å². The summed E-state index contributed by atoms with van der Waals surface area (Å²) in [5.74, 6) is -24.2. The number of aryl methyl sites for hydroxylation is 1. The first kappa shape index (κ1) is 21.9. The van der Waals surface area contributed by atoms with Crippen molar-refractivity contribution in [1.29, 1.82) is 0 Å². The Kier molecular flexibility index (Phi) is 5.90. The number of rotatable bonds is 4. The number of carbonyl (C=O) groups excluding carboxylic acids is 1. The molecule has 0 aliphatic rings. The predicted molar refractivity (Wildman–Crippen MR) is 62.1 cm³/mol. The van der Waals surface area contributed by atoms with Gasteiger partial charge in [0, 0.05) is 6.20 Å². The van der Waals surface area contributed by atoms with Crippen LogP contribution < -0.4 is 5.32 Å². The van der Waals surface area contributed by atoms with Gasteiger partial charge in [0.2, 0.25) is 0 Å². The van der Waals surface area contributed by atoms with Gasteiger partial charge in [0.25, 0.3) is 0 Å². The molecule has 0 saturated carbocycles. The van der Waals surface area contributed by atoms with Crippen LogP contribution in [0, 0.1) is 6.92 Å². The van der Waals surface area contributed by atoms with Crippen LogP contribution in [0.2, 0.25) is 0 Å². The van der Waals surface area contributed by atoms with Crippen LogP contribution in [0.3, 0.4) is 0 Å². The summed E-state index contributed by atoms with van der Waals surface area (Å²) in [6, 6.07) is 2.47. The van der Waals surface area contributed by atoms with Crippen LogP contribution >= 0.6 is 0 Å². The highest BCUT2D eigenvalue weighted by Gasteiger charge is 2.83. The van der Waals surface area contributed by atoms with E-state index in [1.54, 1.807) is 0 Å². The fourth-order valence-electron chi connectivity index (χ4n) is 1.32. The van der Waals surface area contributed by atoms with E-state index in [1.165, 1.54) is 19.1 Å². The molecular formula is C11H9F9N2O2. The molecule has 1 aromatic rings. The van der Waals surface area contributed by atoms with Crippen molar-refractivity contribution < 1.29 is 49.8 Å².